The molecule has 2 amide bonds. The lowest BCUT2D eigenvalue weighted by molar-refractivity contribution is -0.135. The summed E-state index contributed by atoms with van der Waals surface area (Å²) in [7, 11) is 1.59. The molecule has 1 saturated heterocycles. The highest BCUT2D eigenvalue weighted by molar-refractivity contribution is 5.76. The average Bonchev–Trinajstić information content (AvgIpc) is 2.61. The minimum Gasteiger partial charge on any atom is -0.496 e. The van der Waals surface area contributed by atoms with Gasteiger partial charge in [0.05, 0.1) is 32.3 Å². The molecule has 1 aliphatic rings. The van der Waals surface area contributed by atoms with Crippen LogP contribution < -0.4 is 15.4 Å². The quantitative estimate of drug-likeness (QED) is 0.674. The zero-order valence-corrected chi connectivity index (χ0v) is 14.7. The first kappa shape index (κ1) is 19.2. The van der Waals surface area contributed by atoms with Gasteiger partial charge in [0, 0.05) is 19.0 Å². The van der Waals surface area contributed by atoms with Crippen molar-refractivity contribution in [3.05, 3.63) is 29.8 Å². The van der Waals surface area contributed by atoms with Crippen LogP contribution in [0.3, 0.4) is 0 Å². The molecule has 0 aliphatic carbocycles. The van der Waals surface area contributed by atoms with Crippen molar-refractivity contribution < 1.29 is 24.2 Å². The lowest BCUT2D eigenvalue weighted by atomic mass is 9.97. The summed E-state index contributed by atoms with van der Waals surface area (Å²) >= 11 is 0. The Morgan fingerprint density at radius 1 is 1.32 bits per heavy atom. The van der Waals surface area contributed by atoms with Gasteiger partial charge in [0.25, 0.3) is 0 Å². The number of aliphatic hydroxyl groups is 1. The van der Waals surface area contributed by atoms with E-state index in [1.54, 1.807) is 7.11 Å². The lowest BCUT2D eigenvalue weighted by Crippen LogP contribution is -2.51. The van der Waals surface area contributed by atoms with Gasteiger partial charge in [-0.1, -0.05) is 18.2 Å². The summed E-state index contributed by atoms with van der Waals surface area (Å²) in [6.45, 7) is 1.63. The number of amides is 2. The Balaban J connectivity index is 1.82. The van der Waals surface area contributed by atoms with Gasteiger partial charge in [-0.2, -0.15) is 0 Å². The molecular formula is C18H26N2O5. The first-order valence-electron chi connectivity index (χ1n) is 8.45. The summed E-state index contributed by atoms with van der Waals surface area (Å²) in [6.07, 6.45) is 0.807. The second kappa shape index (κ2) is 9.39. The minimum absolute atomic E-state index is 0.120. The summed E-state index contributed by atoms with van der Waals surface area (Å²) in [5, 5.41) is 15.1. The molecule has 7 heteroatoms. The van der Waals surface area contributed by atoms with Gasteiger partial charge < -0.3 is 25.2 Å². The Morgan fingerprint density at radius 3 is 2.76 bits per heavy atom. The van der Waals surface area contributed by atoms with Crippen molar-refractivity contribution in [1.29, 1.82) is 0 Å². The third kappa shape index (κ3) is 5.72. The Labute approximate surface area is 147 Å². The van der Waals surface area contributed by atoms with E-state index >= 15 is 0 Å². The number of aliphatic hydroxyl groups excluding tert-OH is 1. The Bertz CT molecular complexity index is 593. The molecule has 0 bridgehead atoms. The second-order valence-electron chi connectivity index (χ2n) is 6.16. The van der Waals surface area contributed by atoms with Crippen LogP contribution in [-0.2, 0) is 20.9 Å². The van der Waals surface area contributed by atoms with E-state index in [0.717, 1.165) is 11.3 Å². The van der Waals surface area contributed by atoms with Gasteiger partial charge in [-0.15, -0.1) is 0 Å². The summed E-state index contributed by atoms with van der Waals surface area (Å²) in [6, 6.07) is 7.30. The molecule has 1 fully saturated rings. The fourth-order valence-corrected chi connectivity index (χ4v) is 3.03. The van der Waals surface area contributed by atoms with Crippen LogP contribution in [0.2, 0.25) is 0 Å². The van der Waals surface area contributed by atoms with Crippen molar-refractivity contribution in [2.75, 3.05) is 13.7 Å². The van der Waals surface area contributed by atoms with Crippen molar-refractivity contribution in [3.63, 3.8) is 0 Å². The standard InChI is InChI=1S/C18H26N2O5/c1-12(22)20-15-8-7-14(25-17(15)11-21)9-18(23)19-10-13-5-3-4-6-16(13)24-2/h3-6,14-15,17,21H,7-11H2,1-2H3,(H,19,23)(H,20,22)/t14-,15-,17-/m0/s1. The highest BCUT2D eigenvalue weighted by atomic mass is 16.5. The Morgan fingerprint density at radius 2 is 2.08 bits per heavy atom. The number of nitrogens with one attached hydrogen (secondary N) is 2. The summed E-state index contributed by atoms with van der Waals surface area (Å²) < 4.78 is 11.0. The molecule has 138 valence electrons. The molecule has 7 nitrogen and oxygen atoms in total. The largest absolute Gasteiger partial charge is 0.496 e. The first-order valence-corrected chi connectivity index (χ1v) is 8.45. The molecule has 0 aromatic heterocycles. The first-order chi connectivity index (χ1) is 12.0. The van der Waals surface area contributed by atoms with E-state index in [1.165, 1.54) is 6.92 Å². The summed E-state index contributed by atoms with van der Waals surface area (Å²) in [5.74, 6) is 0.459. The van der Waals surface area contributed by atoms with Gasteiger partial charge in [0.2, 0.25) is 11.8 Å². The molecule has 3 atom stereocenters. The lowest BCUT2D eigenvalue weighted by Gasteiger charge is -2.35. The zero-order valence-electron chi connectivity index (χ0n) is 14.7. The van der Waals surface area contributed by atoms with Crippen LogP contribution in [0.1, 0.15) is 31.7 Å². The normalized spacial score (nSPS) is 22.9. The molecule has 0 radical (unpaired) electrons. The number of ether oxygens (including phenoxy) is 2. The van der Waals surface area contributed by atoms with Crippen LogP contribution >= 0.6 is 0 Å². The van der Waals surface area contributed by atoms with Crippen LogP contribution in [0.15, 0.2) is 24.3 Å². The molecule has 1 aliphatic heterocycles. The number of hydrogen-bond acceptors (Lipinski definition) is 5. The van der Waals surface area contributed by atoms with E-state index in [0.29, 0.717) is 19.4 Å². The molecule has 1 heterocycles. The van der Waals surface area contributed by atoms with E-state index in [2.05, 4.69) is 10.6 Å². The van der Waals surface area contributed by atoms with E-state index in [1.807, 2.05) is 24.3 Å². The summed E-state index contributed by atoms with van der Waals surface area (Å²) in [5.41, 5.74) is 0.905. The van der Waals surface area contributed by atoms with Crippen LogP contribution in [0, 0.1) is 0 Å². The number of benzene rings is 1. The number of carbonyl (C=O) groups excluding carboxylic acids is 2. The van der Waals surface area contributed by atoms with Crippen LogP contribution in [0.5, 0.6) is 5.75 Å². The van der Waals surface area contributed by atoms with Crippen molar-refractivity contribution >= 4 is 11.8 Å². The van der Waals surface area contributed by atoms with Crippen molar-refractivity contribution in [2.45, 2.75) is 51.0 Å². The van der Waals surface area contributed by atoms with Crippen molar-refractivity contribution in [2.24, 2.45) is 0 Å². The molecular weight excluding hydrogens is 324 g/mol. The van der Waals surface area contributed by atoms with E-state index < -0.39 is 6.10 Å². The van der Waals surface area contributed by atoms with Gasteiger partial charge in [0.1, 0.15) is 11.9 Å². The average molecular weight is 350 g/mol. The minimum atomic E-state index is -0.482. The summed E-state index contributed by atoms with van der Waals surface area (Å²) in [4.78, 5) is 23.4. The molecule has 1 aromatic carbocycles. The molecule has 2 rings (SSSR count). The smallest absolute Gasteiger partial charge is 0.222 e. The maximum Gasteiger partial charge on any atom is 0.222 e. The molecule has 1 aromatic rings. The van der Waals surface area contributed by atoms with E-state index in [9.17, 15) is 14.7 Å². The van der Waals surface area contributed by atoms with Crippen LogP contribution in [0.4, 0.5) is 0 Å². The van der Waals surface area contributed by atoms with E-state index in [4.69, 9.17) is 9.47 Å². The number of methoxy groups -OCH3 is 1. The predicted molar refractivity (Wildman–Crippen MR) is 92.0 cm³/mol. The van der Waals surface area contributed by atoms with Crippen molar-refractivity contribution in [1.82, 2.24) is 10.6 Å². The maximum absolute atomic E-state index is 12.2. The van der Waals surface area contributed by atoms with Gasteiger partial charge in [-0.25, -0.2) is 0 Å². The van der Waals surface area contributed by atoms with E-state index in [-0.39, 0.29) is 37.0 Å². The predicted octanol–water partition coefficient (Wildman–Crippen LogP) is 0.746. The van der Waals surface area contributed by atoms with Crippen molar-refractivity contribution in [3.8, 4) is 5.75 Å². The number of carbonyl (C=O) groups is 2. The second-order valence-corrected chi connectivity index (χ2v) is 6.16. The number of hydrogen-bond donors (Lipinski definition) is 3. The van der Waals surface area contributed by atoms with Gasteiger partial charge in [0.15, 0.2) is 0 Å². The SMILES string of the molecule is COc1ccccc1CNC(=O)C[C@@H]1CC[C@H](NC(C)=O)[C@H](CO)O1. The van der Waals surface area contributed by atoms with Gasteiger partial charge >= 0.3 is 0 Å². The molecule has 25 heavy (non-hydrogen) atoms. The molecule has 3 N–H and O–H groups in total. The third-order valence-electron chi connectivity index (χ3n) is 4.27. The molecule has 0 unspecified atom stereocenters. The highest BCUT2D eigenvalue weighted by Gasteiger charge is 2.32. The Hall–Kier alpha value is -2.12. The van der Waals surface area contributed by atoms with Gasteiger partial charge in [-0.05, 0) is 18.9 Å². The van der Waals surface area contributed by atoms with Crippen LogP contribution in [0.25, 0.3) is 0 Å². The fraction of sp³-hybridized carbons (Fsp3) is 0.556. The fourth-order valence-electron chi connectivity index (χ4n) is 3.03. The van der Waals surface area contributed by atoms with Crippen LogP contribution in [-0.4, -0.2) is 48.9 Å². The zero-order chi connectivity index (χ0) is 18.2. The highest BCUT2D eigenvalue weighted by Crippen LogP contribution is 2.22. The number of rotatable bonds is 7. The number of para-hydroxylation sites is 1. The topological polar surface area (TPSA) is 96.9 Å². The van der Waals surface area contributed by atoms with Gasteiger partial charge in [-0.3, -0.25) is 9.59 Å². The maximum atomic E-state index is 12.2. The molecule has 0 spiro atoms. The third-order valence-corrected chi connectivity index (χ3v) is 4.27. The molecule has 0 saturated carbocycles. The Kier molecular flexibility index (Phi) is 7.21. The monoisotopic (exact) mass is 350 g/mol.